The van der Waals surface area contributed by atoms with E-state index in [2.05, 4.69) is 18.9 Å². The Balaban J connectivity index is 0.000000357. The number of aromatic hydroxyl groups is 5. The summed E-state index contributed by atoms with van der Waals surface area (Å²) < 4.78 is 22.7. The molecule has 15 nitrogen and oxygen atoms in total. The third-order valence-corrected chi connectivity index (χ3v) is 6.69. The first-order chi connectivity index (χ1) is 27.2. The van der Waals surface area contributed by atoms with Gasteiger partial charge in [0, 0.05) is 0 Å². The van der Waals surface area contributed by atoms with Crippen molar-refractivity contribution in [3.63, 3.8) is 0 Å². The normalized spacial score (nSPS) is 9.28. The summed E-state index contributed by atoms with van der Waals surface area (Å²) in [4.78, 5) is 54.5. The van der Waals surface area contributed by atoms with Crippen molar-refractivity contribution in [2.24, 2.45) is 0 Å². The Kier molecular flexibility index (Phi) is 21.9. The zero-order valence-corrected chi connectivity index (χ0v) is 31.8. The smallest absolute Gasteiger partial charge is 0.338 e. The van der Waals surface area contributed by atoms with Gasteiger partial charge in [-0.05, 0) is 128 Å². The molecule has 57 heavy (non-hydrogen) atoms. The van der Waals surface area contributed by atoms with Gasteiger partial charge in [0.2, 0.25) is 0 Å². The molecule has 5 aromatic carbocycles. The third-order valence-electron chi connectivity index (χ3n) is 6.69. The van der Waals surface area contributed by atoms with E-state index in [0.717, 1.165) is 6.42 Å². The Labute approximate surface area is 328 Å². The first-order valence-corrected chi connectivity index (χ1v) is 16.6. The second-order valence-electron chi connectivity index (χ2n) is 10.8. The highest BCUT2D eigenvalue weighted by atomic mass is 16.5. The Bertz CT molecular complexity index is 1730. The van der Waals surface area contributed by atoms with E-state index in [0.29, 0.717) is 34.4 Å². The molecule has 0 aliphatic rings. The Morgan fingerprint density at radius 2 is 0.526 bits per heavy atom. The van der Waals surface area contributed by atoms with Gasteiger partial charge < -0.3 is 49.2 Å². The maximum atomic E-state index is 11.2. The van der Waals surface area contributed by atoms with Crippen LogP contribution < -0.4 is 0 Å². The molecule has 0 fully saturated rings. The van der Waals surface area contributed by atoms with Crippen LogP contribution in [0.2, 0.25) is 0 Å². The van der Waals surface area contributed by atoms with Crippen LogP contribution in [0.5, 0.6) is 28.7 Å². The van der Waals surface area contributed by atoms with Crippen molar-refractivity contribution in [2.45, 2.75) is 13.3 Å². The lowest BCUT2D eigenvalue weighted by molar-refractivity contribution is 0.0502. The SMILES string of the molecule is CCCOC(=O)c1ccc(O)cc1.COC(=O)c1ccc(O)cc1.COC(=O)c1ccc(O)cc1.COC(=O)c1ccc(O)cc1.COC(=O)c1ccc(O)cc1. The zero-order chi connectivity index (χ0) is 42.8. The lowest BCUT2D eigenvalue weighted by Crippen LogP contribution is -2.05. The summed E-state index contributed by atoms with van der Waals surface area (Å²) in [6, 6.07) is 29.5. The predicted octanol–water partition coefficient (Wildman–Crippen LogP) is 6.67. The van der Waals surface area contributed by atoms with Crippen molar-refractivity contribution in [3.8, 4) is 28.7 Å². The van der Waals surface area contributed by atoms with Gasteiger partial charge in [-0.2, -0.15) is 0 Å². The molecular formula is C42H44O15. The van der Waals surface area contributed by atoms with E-state index in [9.17, 15) is 24.0 Å². The van der Waals surface area contributed by atoms with Crippen LogP contribution in [0.15, 0.2) is 121 Å². The van der Waals surface area contributed by atoms with Crippen LogP contribution in [0.25, 0.3) is 0 Å². The standard InChI is InChI=1S/C10H12O3.4C8H8O3/c1-2-7-13-10(12)8-3-5-9(11)6-4-8;4*1-11-8(10)6-2-4-7(9)5-3-6/h3-6,11H,2,7H2,1H3;4*2-5,9H,1H3. The number of benzene rings is 5. The fraction of sp³-hybridized carbons (Fsp3) is 0.167. The minimum atomic E-state index is -0.398. The topological polar surface area (TPSA) is 233 Å². The largest absolute Gasteiger partial charge is 0.508 e. The highest BCUT2D eigenvalue weighted by Gasteiger charge is 2.07. The molecule has 0 unspecified atom stereocenters. The maximum absolute atomic E-state index is 11.2. The number of rotatable bonds is 7. The van der Waals surface area contributed by atoms with Gasteiger partial charge in [-0.3, -0.25) is 0 Å². The highest BCUT2D eigenvalue weighted by molar-refractivity contribution is 5.91. The molecule has 0 heterocycles. The summed E-state index contributed by atoms with van der Waals surface area (Å²) >= 11 is 0. The lowest BCUT2D eigenvalue weighted by atomic mass is 10.2. The number of ether oxygens (including phenoxy) is 5. The van der Waals surface area contributed by atoms with E-state index in [4.69, 9.17) is 30.3 Å². The number of phenols is 5. The lowest BCUT2D eigenvalue weighted by Gasteiger charge is -2.02. The first kappa shape index (κ1) is 47.5. The van der Waals surface area contributed by atoms with Gasteiger partial charge in [-0.25, -0.2) is 24.0 Å². The van der Waals surface area contributed by atoms with Gasteiger partial charge in [0.1, 0.15) is 28.7 Å². The van der Waals surface area contributed by atoms with Crippen molar-refractivity contribution in [1.82, 2.24) is 0 Å². The Morgan fingerprint density at radius 3 is 0.684 bits per heavy atom. The van der Waals surface area contributed by atoms with E-state index in [1.54, 1.807) is 0 Å². The van der Waals surface area contributed by atoms with Crippen molar-refractivity contribution in [2.75, 3.05) is 35.0 Å². The van der Waals surface area contributed by atoms with Gasteiger partial charge in [0.25, 0.3) is 0 Å². The van der Waals surface area contributed by atoms with Crippen molar-refractivity contribution in [3.05, 3.63) is 149 Å². The molecule has 0 saturated carbocycles. The summed E-state index contributed by atoms with van der Waals surface area (Å²) in [5, 5.41) is 44.4. The first-order valence-electron chi connectivity index (χ1n) is 16.6. The minimum absolute atomic E-state index is 0.137. The predicted molar refractivity (Wildman–Crippen MR) is 206 cm³/mol. The van der Waals surface area contributed by atoms with Crippen LogP contribution in [0.4, 0.5) is 0 Å². The van der Waals surface area contributed by atoms with Crippen LogP contribution in [0.3, 0.4) is 0 Å². The molecule has 5 rings (SSSR count). The number of esters is 5. The second kappa shape index (κ2) is 26.3. The molecule has 15 heteroatoms. The summed E-state index contributed by atoms with van der Waals surface area (Å²) in [6.45, 7) is 2.36. The summed E-state index contributed by atoms with van der Waals surface area (Å²) in [7, 11) is 5.26. The number of carbonyl (C=O) groups excluding carboxylic acids is 5. The van der Waals surface area contributed by atoms with Crippen LogP contribution in [0.1, 0.15) is 65.1 Å². The number of hydrogen-bond donors (Lipinski definition) is 5. The van der Waals surface area contributed by atoms with Crippen LogP contribution >= 0.6 is 0 Å². The molecule has 0 aliphatic carbocycles. The second-order valence-corrected chi connectivity index (χ2v) is 10.8. The van der Waals surface area contributed by atoms with Gasteiger partial charge in [-0.15, -0.1) is 0 Å². The molecule has 302 valence electrons. The van der Waals surface area contributed by atoms with Gasteiger partial charge in [0.15, 0.2) is 0 Å². The Hall–Kier alpha value is -7.55. The average Bonchev–Trinajstić information content (AvgIpc) is 3.24. The van der Waals surface area contributed by atoms with Gasteiger partial charge in [-0.1, -0.05) is 6.92 Å². The molecule has 0 amide bonds. The van der Waals surface area contributed by atoms with Crippen molar-refractivity contribution in [1.29, 1.82) is 0 Å². The van der Waals surface area contributed by atoms with Crippen LogP contribution in [-0.2, 0) is 23.7 Å². The quantitative estimate of drug-likeness (QED) is 0.0856. The van der Waals surface area contributed by atoms with Gasteiger partial charge in [0.05, 0.1) is 62.9 Å². The summed E-state index contributed by atoms with van der Waals surface area (Å²) in [6.07, 6.45) is 0.809. The highest BCUT2D eigenvalue weighted by Crippen LogP contribution is 2.13. The number of carbonyl (C=O) groups is 5. The van der Waals surface area contributed by atoms with E-state index >= 15 is 0 Å². The molecule has 5 N–H and O–H groups in total. The molecule has 5 aromatic rings. The van der Waals surface area contributed by atoms with Crippen molar-refractivity contribution >= 4 is 29.8 Å². The van der Waals surface area contributed by atoms with Crippen molar-refractivity contribution < 1.29 is 73.2 Å². The maximum Gasteiger partial charge on any atom is 0.338 e. The molecule has 0 aromatic heterocycles. The molecule has 0 radical (unpaired) electrons. The van der Waals surface area contributed by atoms with E-state index in [-0.39, 0.29) is 34.7 Å². The van der Waals surface area contributed by atoms with Gasteiger partial charge >= 0.3 is 29.8 Å². The van der Waals surface area contributed by atoms with Crippen LogP contribution in [0, 0.1) is 0 Å². The molecule has 0 atom stereocenters. The summed E-state index contributed by atoms with van der Waals surface area (Å²) in [5.41, 5.74) is 2.21. The minimum Gasteiger partial charge on any atom is -0.508 e. The van der Waals surface area contributed by atoms with E-state index in [1.807, 2.05) is 6.92 Å². The third kappa shape index (κ3) is 18.9. The number of phenolic OH excluding ortho intramolecular Hbond substituents is 5. The molecule has 0 saturated heterocycles. The number of methoxy groups -OCH3 is 4. The Morgan fingerprint density at radius 1 is 0.351 bits per heavy atom. The average molecular weight is 789 g/mol. The van der Waals surface area contributed by atoms with E-state index < -0.39 is 23.9 Å². The zero-order valence-electron chi connectivity index (χ0n) is 31.8. The van der Waals surface area contributed by atoms with Crippen LogP contribution in [-0.4, -0.2) is 90.4 Å². The number of hydrogen-bond acceptors (Lipinski definition) is 15. The summed E-state index contributed by atoms with van der Waals surface area (Å²) in [5.74, 6) is -1.25. The molecule has 0 spiro atoms. The monoisotopic (exact) mass is 788 g/mol. The molecule has 0 aliphatic heterocycles. The van der Waals surface area contributed by atoms with E-state index in [1.165, 1.54) is 150 Å². The molecular weight excluding hydrogens is 744 g/mol. The fourth-order valence-electron chi connectivity index (χ4n) is 3.74. The molecule has 0 bridgehead atoms. The fourth-order valence-corrected chi connectivity index (χ4v) is 3.74.